The van der Waals surface area contributed by atoms with Crippen LogP contribution in [0.15, 0.2) is 22.7 Å². The zero-order valence-electron chi connectivity index (χ0n) is 11.6. The average Bonchev–Trinajstić information content (AvgIpc) is 2.95. The Morgan fingerprint density at radius 2 is 1.90 bits per heavy atom. The van der Waals surface area contributed by atoms with Crippen LogP contribution in [-0.4, -0.2) is 36.2 Å². The third-order valence-corrected chi connectivity index (χ3v) is 3.91. The van der Waals surface area contributed by atoms with Gasteiger partial charge >= 0.3 is 5.97 Å². The molecule has 114 valence electrons. The molecule has 2 rings (SSSR count). The summed E-state index contributed by atoms with van der Waals surface area (Å²) in [6.07, 6.45) is 4.95. The van der Waals surface area contributed by atoms with Crippen LogP contribution in [0.2, 0.25) is 0 Å². The van der Waals surface area contributed by atoms with Crippen LogP contribution >= 0.6 is 15.9 Å². The van der Waals surface area contributed by atoms with Gasteiger partial charge in [0.15, 0.2) is 0 Å². The fourth-order valence-electron chi connectivity index (χ4n) is 2.39. The number of carboxylic acid groups (broad SMARTS) is 1. The molecule has 0 aromatic heterocycles. The van der Waals surface area contributed by atoms with Crippen LogP contribution in [0.1, 0.15) is 46.4 Å². The standard InChI is InChI=1S/C15H18BrNO4/c16-12-8-10(7-11(9-12)15(19)20)14(18)17-5-6-21-13-3-1-2-4-13/h7-9,13H,1-6H2,(H,17,18)(H,19,20). The van der Waals surface area contributed by atoms with Crippen molar-refractivity contribution >= 4 is 27.8 Å². The van der Waals surface area contributed by atoms with E-state index in [1.165, 1.54) is 25.0 Å². The Kier molecular flexibility index (Phi) is 5.76. The maximum absolute atomic E-state index is 12.0. The molecule has 0 aliphatic heterocycles. The van der Waals surface area contributed by atoms with Gasteiger partial charge in [0.1, 0.15) is 0 Å². The number of ether oxygens (including phenoxy) is 1. The van der Waals surface area contributed by atoms with Crippen molar-refractivity contribution in [3.8, 4) is 0 Å². The molecule has 0 heterocycles. The molecular formula is C15H18BrNO4. The molecule has 6 heteroatoms. The van der Waals surface area contributed by atoms with E-state index in [2.05, 4.69) is 21.2 Å². The lowest BCUT2D eigenvalue weighted by Gasteiger charge is -2.11. The number of benzene rings is 1. The van der Waals surface area contributed by atoms with Gasteiger partial charge in [0, 0.05) is 16.6 Å². The number of carbonyl (C=O) groups is 2. The molecule has 0 spiro atoms. The molecule has 1 amide bonds. The zero-order valence-corrected chi connectivity index (χ0v) is 13.2. The summed E-state index contributed by atoms with van der Waals surface area (Å²) >= 11 is 3.21. The molecule has 1 saturated carbocycles. The van der Waals surface area contributed by atoms with Gasteiger partial charge in [-0.1, -0.05) is 28.8 Å². The van der Waals surface area contributed by atoms with Crippen molar-refractivity contribution in [1.29, 1.82) is 0 Å². The number of hydrogen-bond donors (Lipinski definition) is 2. The summed E-state index contributed by atoms with van der Waals surface area (Å²) in [5, 5.41) is 11.7. The molecule has 1 fully saturated rings. The van der Waals surface area contributed by atoms with E-state index in [9.17, 15) is 9.59 Å². The fraction of sp³-hybridized carbons (Fsp3) is 0.467. The van der Waals surface area contributed by atoms with Crippen molar-refractivity contribution in [2.45, 2.75) is 31.8 Å². The number of halogens is 1. The number of rotatable bonds is 6. The van der Waals surface area contributed by atoms with Gasteiger partial charge in [0.05, 0.1) is 18.3 Å². The summed E-state index contributed by atoms with van der Waals surface area (Å²) in [6, 6.07) is 4.42. The topological polar surface area (TPSA) is 75.6 Å². The number of nitrogens with one attached hydrogen (secondary N) is 1. The molecule has 1 aromatic carbocycles. The van der Waals surface area contributed by atoms with Gasteiger partial charge in [-0.05, 0) is 31.0 Å². The number of amides is 1. The molecule has 21 heavy (non-hydrogen) atoms. The molecule has 0 saturated heterocycles. The number of aromatic carboxylic acids is 1. The molecule has 5 nitrogen and oxygen atoms in total. The molecule has 0 bridgehead atoms. The van der Waals surface area contributed by atoms with Gasteiger partial charge in [0.25, 0.3) is 5.91 Å². The summed E-state index contributed by atoms with van der Waals surface area (Å²) in [4.78, 5) is 23.0. The van der Waals surface area contributed by atoms with Crippen LogP contribution in [-0.2, 0) is 4.74 Å². The van der Waals surface area contributed by atoms with Gasteiger partial charge in [-0.2, -0.15) is 0 Å². The Bertz CT molecular complexity index is 526. The summed E-state index contributed by atoms with van der Waals surface area (Å²) in [6.45, 7) is 0.903. The Hall–Kier alpha value is -1.40. The fourth-order valence-corrected chi connectivity index (χ4v) is 2.88. The highest BCUT2D eigenvalue weighted by molar-refractivity contribution is 9.10. The first kappa shape index (κ1) is 16.0. The van der Waals surface area contributed by atoms with Crippen LogP contribution in [0, 0.1) is 0 Å². The predicted molar refractivity (Wildman–Crippen MR) is 81.6 cm³/mol. The molecular weight excluding hydrogens is 338 g/mol. The Morgan fingerprint density at radius 1 is 1.24 bits per heavy atom. The van der Waals surface area contributed by atoms with E-state index in [4.69, 9.17) is 9.84 Å². The number of hydrogen-bond acceptors (Lipinski definition) is 3. The Morgan fingerprint density at radius 3 is 2.57 bits per heavy atom. The Balaban J connectivity index is 1.83. The van der Waals surface area contributed by atoms with Gasteiger partial charge in [-0.25, -0.2) is 4.79 Å². The smallest absolute Gasteiger partial charge is 0.335 e. The van der Waals surface area contributed by atoms with E-state index < -0.39 is 5.97 Å². The summed E-state index contributed by atoms with van der Waals surface area (Å²) in [5.74, 6) is -1.36. The summed E-state index contributed by atoms with van der Waals surface area (Å²) < 4.78 is 6.22. The van der Waals surface area contributed by atoms with Crippen LogP contribution in [0.5, 0.6) is 0 Å². The third kappa shape index (κ3) is 4.82. The molecule has 2 N–H and O–H groups in total. The van der Waals surface area contributed by atoms with Gasteiger partial charge in [-0.3, -0.25) is 4.79 Å². The van der Waals surface area contributed by atoms with Crippen molar-refractivity contribution < 1.29 is 19.4 Å². The van der Waals surface area contributed by atoms with E-state index in [0.717, 1.165) is 12.8 Å². The second kappa shape index (κ2) is 7.56. The monoisotopic (exact) mass is 355 g/mol. The molecule has 1 aliphatic carbocycles. The molecule has 0 radical (unpaired) electrons. The predicted octanol–water partition coefficient (Wildman–Crippen LogP) is 2.84. The maximum Gasteiger partial charge on any atom is 0.335 e. The normalized spacial score (nSPS) is 15.1. The highest BCUT2D eigenvalue weighted by Gasteiger charge is 2.15. The van der Waals surface area contributed by atoms with Crippen molar-refractivity contribution in [3.63, 3.8) is 0 Å². The van der Waals surface area contributed by atoms with E-state index in [1.54, 1.807) is 6.07 Å². The van der Waals surface area contributed by atoms with E-state index in [0.29, 0.717) is 29.3 Å². The van der Waals surface area contributed by atoms with Gasteiger partial charge in [-0.15, -0.1) is 0 Å². The number of carbonyl (C=O) groups excluding carboxylic acids is 1. The maximum atomic E-state index is 12.0. The van der Waals surface area contributed by atoms with Crippen LogP contribution in [0.3, 0.4) is 0 Å². The summed E-state index contributed by atoms with van der Waals surface area (Å²) in [7, 11) is 0. The first-order valence-electron chi connectivity index (χ1n) is 7.00. The second-order valence-corrected chi connectivity index (χ2v) is 5.98. The van der Waals surface area contributed by atoms with E-state index in [-0.39, 0.29) is 11.5 Å². The highest BCUT2D eigenvalue weighted by Crippen LogP contribution is 2.20. The lowest BCUT2D eigenvalue weighted by atomic mass is 10.1. The summed E-state index contributed by atoms with van der Waals surface area (Å²) in [5.41, 5.74) is 0.402. The Labute approximate surface area is 131 Å². The molecule has 1 aromatic rings. The second-order valence-electron chi connectivity index (χ2n) is 5.07. The number of carboxylic acids is 1. The van der Waals surface area contributed by atoms with Crippen molar-refractivity contribution in [2.75, 3.05) is 13.2 Å². The van der Waals surface area contributed by atoms with Gasteiger partial charge in [0.2, 0.25) is 0 Å². The largest absolute Gasteiger partial charge is 0.478 e. The minimum Gasteiger partial charge on any atom is -0.478 e. The highest BCUT2D eigenvalue weighted by atomic mass is 79.9. The average molecular weight is 356 g/mol. The zero-order chi connectivity index (χ0) is 15.2. The molecule has 1 aliphatic rings. The van der Waals surface area contributed by atoms with E-state index in [1.807, 2.05) is 0 Å². The lowest BCUT2D eigenvalue weighted by Crippen LogP contribution is -2.28. The van der Waals surface area contributed by atoms with Gasteiger partial charge < -0.3 is 15.2 Å². The molecule has 0 atom stereocenters. The van der Waals surface area contributed by atoms with Crippen molar-refractivity contribution in [3.05, 3.63) is 33.8 Å². The van der Waals surface area contributed by atoms with E-state index >= 15 is 0 Å². The first-order valence-corrected chi connectivity index (χ1v) is 7.79. The van der Waals surface area contributed by atoms with Crippen molar-refractivity contribution in [2.24, 2.45) is 0 Å². The SMILES string of the molecule is O=C(O)c1cc(Br)cc(C(=O)NCCOC2CCCC2)c1. The third-order valence-electron chi connectivity index (χ3n) is 3.45. The van der Waals surface area contributed by atoms with Crippen LogP contribution < -0.4 is 5.32 Å². The quantitative estimate of drug-likeness (QED) is 0.769. The first-order chi connectivity index (χ1) is 10.1. The minimum atomic E-state index is -1.06. The molecule has 0 unspecified atom stereocenters. The lowest BCUT2D eigenvalue weighted by molar-refractivity contribution is 0.0581. The minimum absolute atomic E-state index is 0.0803. The van der Waals surface area contributed by atoms with Crippen LogP contribution in [0.25, 0.3) is 0 Å². The van der Waals surface area contributed by atoms with Crippen LogP contribution in [0.4, 0.5) is 0 Å². The van der Waals surface area contributed by atoms with Crippen molar-refractivity contribution in [1.82, 2.24) is 5.32 Å².